The van der Waals surface area contributed by atoms with Crippen molar-refractivity contribution in [3.05, 3.63) is 65.2 Å². The van der Waals surface area contributed by atoms with Gasteiger partial charge in [-0.05, 0) is 42.0 Å². The van der Waals surface area contributed by atoms with Crippen LogP contribution in [0.15, 0.2) is 54.6 Å². The molecule has 0 unspecified atom stereocenters. The van der Waals surface area contributed by atoms with Gasteiger partial charge in [-0.25, -0.2) is 9.97 Å². The molecule has 4 rings (SSSR count). The highest BCUT2D eigenvalue weighted by Gasteiger charge is 2.12. The quantitative estimate of drug-likeness (QED) is 0.471. The van der Waals surface area contributed by atoms with Crippen LogP contribution in [0, 0.1) is 0 Å². The van der Waals surface area contributed by atoms with Crippen molar-refractivity contribution < 1.29 is 9.47 Å². The third-order valence-corrected chi connectivity index (χ3v) is 5.01. The molecule has 0 aliphatic heterocycles. The van der Waals surface area contributed by atoms with Crippen molar-refractivity contribution >= 4 is 34.4 Å². The van der Waals surface area contributed by atoms with Crippen LogP contribution in [0.3, 0.4) is 0 Å². The Morgan fingerprint density at radius 3 is 2.50 bits per heavy atom. The maximum atomic E-state index is 6.26. The Hall–Kier alpha value is -3.58. The van der Waals surface area contributed by atoms with E-state index in [0.717, 1.165) is 16.8 Å². The zero-order chi connectivity index (χ0) is 21.1. The van der Waals surface area contributed by atoms with E-state index in [4.69, 9.17) is 31.8 Å². The molecule has 0 saturated carbocycles. The van der Waals surface area contributed by atoms with Crippen molar-refractivity contribution in [3.8, 4) is 22.8 Å². The van der Waals surface area contributed by atoms with Crippen molar-refractivity contribution in [2.75, 3.05) is 25.3 Å². The van der Waals surface area contributed by atoms with E-state index in [1.807, 2.05) is 54.6 Å². The van der Waals surface area contributed by atoms with E-state index in [1.54, 1.807) is 14.2 Å². The first kappa shape index (κ1) is 19.7. The van der Waals surface area contributed by atoms with Crippen LogP contribution >= 0.6 is 11.6 Å². The molecular formula is C22H20ClN5O2. The van der Waals surface area contributed by atoms with E-state index in [0.29, 0.717) is 39.9 Å². The molecule has 8 heteroatoms. The Balaban J connectivity index is 1.74. The number of nitrogens with zero attached hydrogens (tertiary/aromatic N) is 3. The van der Waals surface area contributed by atoms with Gasteiger partial charge in [-0.15, -0.1) is 0 Å². The molecule has 2 aromatic heterocycles. The van der Waals surface area contributed by atoms with Gasteiger partial charge in [-0.2, -0.15) is 4.98 Å². The lowest BCUT2D eigenvalue weighted by atomic mass is 10.1. The maximum absolute atomic E-state index is 6.26. The Kier molecular flexibility index (Phi) is 5.54. The second kappa shape index (κ2) is 8.42. The van der Waals surface area contributed by atoms with Crippen LogP contribution in [0.5, 0.6) is 11.5 Å². The van der Waals surface area contributed by atoms with E-state index in [-0.39, 0.29) is 5.95 Å². The molecule has 0 atom stereocenters. The van der Waals surface area contributed by atoms with Gasteiger partial charge in [0.25, 0.3) is 0 Å². The third kappa shape index (κ3) is 3.92. The molecule has 0 saturated heterocycles. The first-order chi connectivity index (χ1) is 14.6. The topological polar surface area (TPSA) is 95.2 Å². The highest BCUT2D eigenvalue weighted by atomic mass is 35.5. The van der Waals surface area contributed by atoms with E-state index < -0.39 is 0 Å². The molecule has 0 radical (unpaired) electrons. The molecule has 0 fully saturated rings. The third-order valence-electron chi connectivity index (χ3n) is 4.64. The lowest BCUT2D eigenvalue weighted by Gasteiger charge is -2.12. The van der Waals surface area contributed by atoms with Gasteiger partial charge in [0.05, 0.1) is 25.4 Å². The van der Waals surface area contributed by atoms with Crippen LogP contribution in [-0.4, -0.2) is 29.2 Å². The summed E-state index contributed by atoms with van der Waals surface area (Å²) >= 11 is 6.26. The second-order valence-corrected chi connectivity index (χ2v) is 6.92. The van der Waals surface area contributed by atoms with Gasteiger partial charge in [-0.3, -0.25) is 0 Å². The molecule has 0 bridgehead atoms. The fourth-order valence-electron chi connectivity index (χ4n) is 3.13. The van der Waals surface area contributed by atoms with Gasteiger partial charge in [0.2, 0.25) is 5.95 Å². The maximum Gasteiger partial charge on any atom is 0.222 e. The summed E-state index contributed by atoms with van der Waals surface area (Å²) in [7, 11) is 3.20. The van der Waals surface area contributed by atoms with Crippen LogP contribution in [0.4, 0.5) is 11.8 Å². The summed E-state index contributed by atoms with van der Waals surface area (Å²) in [5.41, 5.74) is 9.73. The summed E-state index contributed by atoms with van der Waals surface area (Å²) in [5.74, 6) is 1.99. The number of benzene rings is 2. The molecule has 7 nitrogen and oxygen atoms in total. The van der Waals surface area contributed by atoms with E-state index >= 15 is 0 Å². The normalized spacial score (nSPS) is 10.8. The molecule has 0 aliphatic carbocycles. The second-order valence-electron chi connectivity index (χ2n) is 6.51. The van der Waals surface area contributed by atoms with Crippen LogP contribution in [0.25, 0.3) is 22.3 Å². The zero-order valence-corrected chi connectivity index (χ0v) is 17.3. The molecule has 3 N–H and O–H groups in total. The van der Waals surface area contributed by atoms with Crippen LogP contribution in [0.2, 0.25) is 5.02 Å². The summed E-state index contributed by atoms with van der Waals surface area (Å²) < 4.78 is 10.7. The van der Waals surface area contributed by atoms with Crippen molar-refractivity contribution in [3.63, 3.8) is 0 Å². The van der Waals surface area contributed by atoms with E-state index in [2.05, 4.69) is 15.3 Å². The van der Waals surface area contributed by atoms with Gasteiger partial charge >= 0.3 is 0 Å². The number of nitrogens with two attached hydrogens (primary N) is 1. The van der Waals surface area contributed by atoms with Crippen molar-refractivity contribution in [2.45, 2.75) is 6.54 Å². The number of fused-ring (bicyclic) bond motifs is 1. The minimum absolute atomic E-state index is 0.171. The molecule has 152 valence electrons. The molecule has 30 heavy (non-hydrogen) atoms. The number of aromatic nitrogens is 3. The average Bonchev–Trinajstić information content (AvgIpc) is 2.77. The lowest BCUT2D eigenvalue weighted by Crippen LogP contribution is -2.07. The number of ether oxygens (including phenoxy) is 2. The molecule has 0 aliphatic rings. The van der Waals surface area contributed by atoms with Gasteiger partial charge in [-0.1, -0.05) is 29.8 Å². The van der Waals surface area contributed by atoms with Gasteiger partial charge in [0.1, 0.15) is 5.52 Å². The number of pyridine rings is 1. The summed E-state index contributed by atoms with van der Waals surface area (Å²) in [6, 6.07) is 17.0. The summed E-state index contributed by atoms with van der Waals surface area (Å²) in [6.07, 6.45) is 0. The Labute approximate surface area is 178 Å². The molecule has 2 aromatic carbocycles. The van der Waals surface area contributed by atoms with E-state index in [1.165, 1.54) is 0 Å². The summed E-state index contributed by atoms with van der Waals surface area (Å²) in [4.78, 5) is 13.4. The minimum Gasteiger partial charge on any atom is -0.493 e. The first-order valence-corrected chi connectivity index (χ1v) is 9.61. The predicted octanol–water partition coefficient (Wildman–Crippen LogP) is 4.56. The Morgan fingerprint density at radius 2 is 1.73 bits per heavy atom. The predicted molar refractivity (Wildman–Crippen MR) is 119 cm³/mol. The fraction of sp³-hybridized carbons (Fsp3) is 0.136. The van der Waals surface area contributed by atoms with Crippen LogP contribution in [0.1, 0.15) is 5.56 Å². The number of hydrogen-bond donors (Lipinski definition) is 2. The number of halogens is 1. The largest absolute Gasteiger partial charge is 0.493 e. The number of rotatable bonds is 6. The number of methoxy groups -OCH3 is 2. The average molecular weight is 422 g/mol. The van der Waals surface area contributed by atoms with Crippen LogP contribution in [-0.2, 0) is 6.54 Å². The highest BCUT2D eigenvalue weighted by molar-refractivity contribution is 6.31. The van der Waals surface area contributed by atoms with Crippen LogP contribution < -0.4 is 20.5 Å². The van der Waals surface area contributed by atoms with Crippen molar-refractivity contribution in [1.29, 1.82) is 0 Å². The minimum atomic E-state index is 0.171. The fourth-order valence-corrected chi connectivity index (χ4v) is 3.34. The number of nitrogen functional groups attached to an aromatic ring is 1. The van der Waals surface area contributed by atoms with Crippen molar-refractivity contribution in [1.82, 2.24) is 15.0 Å². The number of nitrogens with one attached hydrogen (secondary N) is 1. The monoisotopic (exact) mass is 421 g/mol. The lowest BCUT2D eigenvalue weighted by molar-refractivity contribution is 0.355. The molecule has 2 heterocycles. The van der Waals surface area contributed by atoms with Gasteiger partial charge in [0, 0.05) is 17.1 Å². The Morgan fingerprint density at radius 1 is 0.933 bits per heavy atom. The molecule has 0 amide bonds. The first-order valence-electron chi connectivity index (χ1n) is 9.23. The molecular weight excluding hydrogens is 402 g/mol. The molecule has 4 aromatic rings. The van der Waals surface area contributed by atoms with Gasteiger partial charge < -0.3 is 20.5 Å². The highest BCUT2D eigenvalue weighted by Crippen LogP contribution is 2.33. The smallest absolute Gasteiger partial charge is 0.222 e. The summed E-state index contributed by atoms with van der Waals surface area (Å²) in [5, 5.41) is 3.96. The van der Waals surface area contributed by atoms with Gasteiger partial charge in [0.15, 0.2) is 17.3 Å². The zero-order valence-electron chi connectivity index (χ0n) is 16.5. The van der Waals surface area contributed by atoms with Crippen molar-refractivity contribution in [2.24, 2.45) is 0 Å². The molecule has 0 spiro atoms. The number of hydrogen-bond acceptors (Lipinski definition) is 7. The standard InChI is InChI=1S/C22H20ClN5O2/c1-29-18-10-7-13(11-19(18)30-2)16-8-9-17-20(26-16)21(28-22(24)27-17)25-12-14-5-3-4-6-15(14)23/h3-11H,12H2,1-2H3,(H3,24,25,27,28). The number of anilines is 2. The Bertz CT molecular complexity index is 1220. The summed E-state index contributed by atoms with van der Waals surface area (Å²) in [6.45, 7) is 0.480. The van der Waals surface area contributed by atoms with E-state index in [9.17, 15) is 0 Å². The SMILES string of the molecule is COc1ccc(-c2ccc3nc(N)nc(NCc4ccccc4Cl)c3n2)cc1OC.